The van der Waals surface area contributed by atoms with Gasteiger partial charge in [0.05, 0.1) is 26.4 Å². The quantitative estimate of drug-likeness (QED) is 0.158. The van der Waals surface area contributed by atoms with E-state index in [4.69, 9.17) is 9.47 Å². The summed E-state index contributed by atoms with van der Waals surface area (Å²) in [5, 5.41) is 12.1. The highest BCUT2D eigenvalue weighted by Gasteiger charge is 2.23. The van der Waals surface area contributed by atoms with Crippen molar-refractivity contribution < 1.29 is 12.3 Å². The lowest BCUT2D eigenvalue weighted by molar-refractivity contribution is 0.122. The van der Waals surface area contributed by atoms with E-state index in [9.17, 15) is 0 Å². The Kier molecular flexibility index (Phi) is 13.9. The van der Waals surface area contributed by atoms with E-state index in [1.807, 2.05) is 38.6 Å². The zero-order valence-corrected chi connectivity index (χ0v) is 35.0. The van der Waals surface area contributed by atoms with Gasteiger partial charge >= 0.3 is 0 Å². The van der Waals surface area contributed by atoms with Gasteiger partial charge in [-0.05, 0) is 72.9 Å². The molecule has 2 N–H and O–H groups in total. The van der Waals surface area contributed by atoms with Crippen molar-refractivity contribution in [3.05, 3.63) is 98.1 Å². The number of nitrogens with one attached hydrogen (secondary N) is 2. The molecule has 0 bridgehead atoms. The Morgan fingerprint density at radius 2 is 1.00 bits per heavy atom. The SMILES string of the molecule is CC.[HH].[HH].c1cc2cc(N3CCC[C@@H](Nc4cc(N5CCOCC5)ncn4)C3)ccc2cn1.c1cc2ccc(N3CCC[C@@H](Nc4cc(N5CCOCC5)ncn4)C3)cc2cn1. The molecule has 2 aromatic carbocycles. The highest BCUT2D eigenvalue weighted by molar-refractivity contribution is 5.86. The van der Waals surface area contributed by atoms with Crippen molar-refractivity contribution in [1.82, 2.24) is 29.9 Å². The van der Waals surface area contributed by atoms with Gasteiger partial charge in [0.15, 0.2) is 0 Å². The number of aromatic nitrogens is 6. The van der Waals surface area contributed by atoms with Gasteiger partial charge in [-0.2, -0.15) is 0 Å². The van der Waals surface area contributed by atoms with Gasteiger partial charge in [-0.3, -0.25) is 9.97 Å². The first-order chi connectivity index (χ1) is 29.7. The number of hydrogen-bond donors (Lipinski definition) is 2. The zero-order chi connectivity index (χ0) is 40.9. The summed E-state index contributed by atoms with van der Waals surface area (Å²) in [6, 6.07) is 22.2. The van der Waals surface area contributed by atoms with E-state index in [2.05, 4.69) is 121 Å². The molecule has 10 rings (SSSR count). The van der Waals surface area contributed by atoms with Gasteiger partial charge in [-0.15, -0.1) is 0 Å². The molecule has 4 aliphatic heterocycles. The van der Waals surface area contributed by atoms with Crippen molar-refractivity contribution in [3.8, 4) is 0 Å². The second-order valence-electron chi connectivity index (χ2n) is 15.4. The number of anilines is 6. The van der Waals surface area contributed by atoms with Crippen LogP contribution >= 0.6 is 0 Å². The molecular formula is C46H62N12O2. The standard InChI is InChI=1S/2C22H26N6O.C2H6.2H2/c1-2-19(26-21-13-22(25-16-24-21)27-8-10-29-11-9-27)15-28(7-1)20-4-3-18-14-23-6-5-17(18)12-20;1-2-19(26-21-13-22(25-16-24-21)27-8-10-29-11-9-27)15-28(7-1)20-4-3-17-5-6-23-14-18(17)12-20;1-2;;/h2*3-6,12-14,16,19H,1-2,7-11,15H2,(H,24,25,26);1-2H3;2*1H/t2*19-;;;/m11.../s1. The molecule has 0 radical (unpaired) electrons. The van der Waals surface area contributed by atoms with Crippen LogP contribution in [0.1, 0.15) is 42.4 Å². The Morgan fingerprint density at radius 3 is 1.55 bits per heavy atom. The fourth-order valence-electron chi connectivity index (χ4n) is 8.40. The van der Waals surface area contributed by atoms with Crippen molar-refractivity contribution in [2.75, 3.05) is 109 Å². The fraction of sp³-hybridized carbons (Fsp3) is 0.435. The molecule has 2 atom stereocenters. The van der Waals surface area contributed by atoms with Crippen molar-refractivity contribution in [1.29, 1.82) is 0 Å². The smallest absolute Gasteiger partial charge is 0.134 e. The molecule has 8 heterocycles. The Bertz CT molecular complexity index is 2120. The minimum atomic E-state index is 0. The third-order valence-corrected chi connectivity index (χ3v) is 11.5. The number of piperidine rings is 2. The lowest BCUT2D eigenvalue weighted by atomic mass is 10.0. The summed E-state index contributed by atoms with van der Waals surface area (Å²) >= 11 is 0. The highest BCUT2D eigenvalue weighted by Crippen LogP contribution is 2.28. The molecule has 60 heavy (non-hydrogen) atoms. The summed E-state index contributed by atoms with van der Waals surface area (Å²) in [6.07, 6.45) is 15.5. The normalized spacial score (nSPS) is 19.5. The Morgan fingerprint density at radius 1 is 0.517 bits per heavy atom. The molecule has 14 heteroatoms. The minimum absolute atomic E-state index is 0. The van der Waals surface area contributed by atoms with Crippen molar-refractivity contribution in [2.24, 2.45) is 0 Å². The second kappa shape index (κ2) is 20.4. The monoisotopic (exact) mass is 815 g/mol. The van der Waals surface area contributed by atoms with E-state index < -0.39 is 0 Å². The van der Waals surface area contributed by atoms with Crippen molar-refractivity contribution in [3.63, 3.8) is 0 Å². The number of morpholine rings is 2. The van der Waals surface area contributed by atoms with Crippen molar-refractivity contribution in [2.45, 2.75) is 51.6 Å². The summed E-state index contributed by atoms with van der Waals surface area (Å²) in [5.74, 6) is 3.75. The first kappa shape index (κ1) is 40.9. The Hall–Kier alpha value is -5.86. The van der Waals surface area contributed by atoms with Gasteiger partial charge in [-0.25, -0.2) is 19.9 Å². The van der Waals surface area contributed by atoms with Gasteiger partial charge in [-0.1, -0.05) is 26.0 Å². The topological polar surface area (TPSA) is 133 Å². The van der Waals surface area contributed by atoms with Gasteiger partial charge in [0.2, 0.25) is 0 Å². The summed E-state index contributed by atoms with van der Waals surface area (Å²) < 4.78 is 10.9. The van der Waals surface area contributed by atoms with Crippen LogP contribution in [-0.2, 0) is 9.47 Å². The molecule has 4 saturated heterocycles. The molecule has 0 spiro atoms. The maximum atomic E-state index is 5.44. The molecule has 14 nitrogen and oxygen atoms in total. The first-order valence-corrected chi connectivity index (χ1v) is 21.7. The van der Waals surface area contributed by atoms with E-state index in [0.717, 1.165) is 128 Å². The number of pyridine rings is 2. The maximum absolute atomic E-state index is 5.44. The van der Waals surface area contributed by atoms with Crippen LogP contribution in [0, 0.1) is 0 Å². The molecular weight excluding hydrogens is 753 g/mol. The third kappa shape index (κ3) is 10.5. The van der Waals surface area contributed by atoms with E-state index >= 15 is 0 Å². The lowest BCUT2D eigenvalue weighted by Gasteiger charge is -2.35. The number of benzene rings is 2. The summed E-state index contributed by atoms with van der Waals surface area (Å²) in [7, 11) is 0. The predicted octanol–water partition coefficient (Wildman–Crippen LogP) is 7.40. The number of fused-ring (bicyclic) bond motifs is 2. The number of hydrogen-bond acceptors (Lipinski definition) is 14. The largest absolute Gasteiger partial charge is 0.378 e. The molecule has 6 aromatic rings. The van der Waals surface area contributed by atoms with Gasteiger partial charge in [0, 0.05) is 126 Å². The Balaban J connectivity index is 0.000000193. The van der Waals surface area contributed by atoms with Gasteiger partial charge in [0.1, 0.15) is 35.9 Å². The highest BCUT2D eigenvalue weighted by atomic mass is 16.5. The second-order valence-corrected chi connectivity index (χ2v) is 15.4. The van der Waals surface area contributed by atoms with E-state index in [1.54, 1.807) is 12.7 Å². The number of rotatable bonds is 8. The lowest BCUT2D eigenvalue weighted by Crippen LogP contribution is -2.42. The molecule has 318 valence electrons. The average Bonchev–Trinajstić information content (AvgIpc) is 3.33. The molecule has 4 fully saturated rings. The van der Waals surface area contributed by atoms with Crippen LogP contribution in [0.2, 0.25) is 0 Å². The molecule has 0 aliphatic carbocycles. The summed E-state index contributed by atoms with van der Waals surface area (Å²) in [5.41, 5.74) is 2.53. The van der Waals surface area contributed by atoms with Gasteiger partial charge in [0.25, 0.3) is 0 Å². The minimum Gasteiger partial charge on any atom is -0.378 e. The molecule has 4 aliphatic rings. The van der Waals surface area contributed by atoms with Crippen LogP contribution in [0.25, 0.3) is 21.5 Å². The van der Waals surface area contributed by atoms with Crippen LogP contribution in [-0.4, -0.2) is 121 Å². The van der Waals surface area contributed by atoms with Crippen LogP contribution in [0.3, 0.4) is 0 Å². The van der Waals surface area contributed by atoms with E-state index in [1.165, 1.54) is 32.9 Å². The molecule has 0 saturated carbocycles. The van der Waals surface area contributed by atoms with Gasteiger partial charge < -0.3 is 39.7 Å². The Labute approximate surface area is 356 Å². The van der Waals surface area contributed by atoms with E-state index in [-0.39, 0.29) is 2.85 Å². The molecule has 4 aromatic heterocycles. The summed E-state index contributed by atoms with van der Waals surface area (Å²) in [4.78, 5) is 35.7. The van der Waals surface area contributed by atoms with Crippen LogP contribution < -0.4 is 30.2 Å². The number of ether oxygens (including phenoxy) is 2. The summed E-state index contributed by atoms with van der Waals surface area (Å²) in [6.45, 7) is 14.6. The van der Waals surface area contributed by atoms with E-state index in [0.29, 0.717) is 12.1 Å². The molecule has 0 unspecified atom stereocenters. The third-order valence-electron chi connectivity index (χ3n) is 11.5. The molecule has 0 amide bonds. The fourth-order valence-corrected chi connectivity index (χ4v) is 8.40. The van der Waals surface area contributed by atoms with Crippen molar-refractivity contribution >= 4 is 56.2 Å². The first-order valence-electron chi connectivity index (χ1n) is 21.7. The number of nitrogens with zero attached hydrogens (tertiary/aromatic N) is 10. The van der Waals surface area contributed by atoms with Crippen LogP contribution in [0.5, 0.6) is 0 Å². The average molecular weight is 815 g/mol. The maximum Gasteiger partial charge on any atom is 0.134 e. The van der Waals surface area contributed by atoms with Crippen LogP contribution in [0.4, 0.5) is 34.6 Å². The zero-order valence-electron chi connectivity index (χ0n) is 35.0. The van der Waals surface area contributed by atoms with Crippen LogP contribution in [0.15, 0.2) is 98.1 Å². The predicted molar refractivity (Wildman–Crippen MR) is 247 cm³/mol.